The SMILES string of the molecule is Cn1ccnc1C(O)(CC(=O)Nc1ccc(N2CCNC2=O)cc1)C(F)(F)F. The van der Waals surface area contributed by atoms with Crippen molar-refractivity contribution in [3.63, 3.8) is 0 Å². The number of rotatable bonds is 5. The van der Waals surface area contributed by atoms with E-state index in [1.807, 2.05) is 0 Å². The molecule has 1 aromatic carbocycles. The van der Waals surface area contributed by atoms with Gasteiger partial charge in [-0.1, -0.05) is 0 Å². The van der Waals surface area contributed by atoms with Crippen molar-refractivity contribution in [2.24, 2.45) is 7.05 Å². The number of amides is 3. The van der Waals surface area contributed by atoms with Gasteiger partial charge in [0.1, 0.15) is 0 Å². The van der Waals surface area contributed by atoms with Gasteiger partial charge in [-0.15, -0.1) is 0 Å². The molecule has 2 aromatic rings. The van der Waals surface area contributed by atoms with E-state index in [-0.39, 0.29) is 11.7 Å². The zero-order valence-corrected chi connectivity index (χ0v) is 14.8. The average molecular weight is 397 g/mol. The van der Waals surface area contributed by atoms with Crippen LogP contribution < -0.4 is 15.5 Å². The standard InChI is InChI=1S/C17H18F3N5O3/c1-24-8-6-21-14(24)16(28,17(18,19)20)10-13(26)23-11-2-4-12(5-3-11)25-9-7-22-15(25)27/h2-6,8,28H,7,9-10H2,1H3,(H,22,27)(H,23,26). The van der Waals surface area contributed by atoms with Gasteiger partial charge < -0.3 is 20.3 Å². The summed E-state index contributed by atoms with van der Waals surface area (Å²) < 4.78 is 41.5. The van der Waals surface area contributed by atoms with Gasteiger partial charge in [0, 0.05) is 43.9 Å². The lowest BCUT2D eigenvalue weighted by molar-refractivity contribution is -0.270. The number of carbonyl (C=O) groups is 2. The molecule has 1 aliphatic heterocycles. The predicted octanol–water partition coefficient (Wildman–Crippen LogP) is 1.73. The lowest BCUT2D eigenvalue weighted by atomic mass is 9.97. The quantitative estimate of drug-likeness (QED) is 0.716. The van der Waals surface area contributed by atoms with Crippen LogP contribution in [0.15, 0.2) is 36.7 Å². The highest BCUT2D eigenvalue weighted by Crippen LogP contribution is 2.40. The normalized spacial score (nSPS) is 16.6. The van der Waals surface area contributed by atoms with Crippen LogP contribution in [0.4, 0.5) is 29.3 Å². The van der Waals surface area contributed by atoms with Crippen molar-refractivity contribution in [2.75, 3.05) is 23.3 Å². The second-order valence-corrected chi connectivity index (χ2v) is 6.38. The fourth-order valence-electron chi connectivity index (χ4n) is 2.95. The van der Waals surface area contributed by atoms with Crippen molar-refractivity contribution in [1.29, 1.82) is 0 Å². The van der Waals surface area contributed by atoms with E-state index >= 15 is 0 Å². The first-order chi connectivity index (χ1) is 13.1. The van der Waals surface area contributed by atoms with Crippen LogP contribution in [0.1, 0.15) is 12.2 Å². The molecule has 0 aliphatic carbocycles. The number of halogens is 3. The molecule has 150 valence electrons. The van der Waals surface area contributed by atoms with Gasteiger partial charge in [-0.25, -0.2) is 9.78 Å². The zero-order valence-electron chi connectivity index (χ0n) is 14.8. The number of aliphatic hydroxyl groups is 1. The van der Waals surface area contributed by atoms with Gasteiger partial charge >= 0.3 is 12.2 Å². The smallest absolute Gasteiger partial charge is 0.374 e. The molecule has 1 unspecified atom stereocenters. The molecular formula is C17H18F3N5O3. The van der Waals surface area contributed by atoms with Crippen LogP contribution in [-0.4, -0.2) is 45.9 Å². The first-order valence-electron chi connectivity index (χ1n) is 8.34. The second-order valence-electron chi connectivity index (χ2n) is 6.38. The van der Waals surface area contributed by atoms with Crippen LogP contribution in [0.2, 0.25) is 0 Å². The largest absolute Gasteiger partial charge is 0.425 e. The summed E-state index contributed by atoms with van der Waals surface area (Å²) in [7, 11) is 1.30. The lowest BCUT2D eigenvalue weighted by Crippen LogP contribution is -2.46. The van der Waals surface area contributed by atoms with Crippen molar-refractivity contribution in [2.45, 2.75) is 18.2 Å². The summed E-state index contributed by atoms with van der Waals surface area (Å²) in [4.78, 5) is 28.9. The molecule has 1 aromatic heterocycles. The molecular weight excluding hydrogens is 379 g/mol. The molecule has 1 fully saturated rings. The molecule has 3 amide bonds. The summed E-state index contributed by atoms with van der Waals surface area (Å²) >= 11 is 0. The van der Waals surface area contributed by atoms with Crippen molar-refractivity contribution >= 4 is 23.3 Å². The number of urea groups is 1. The molecule has 0 saturated carbocycles. The molecule has 2 heterocycles. The summed E-state index contributed by atoms with van der Waals surface area (Å²) in [6.45, 7) is 1.01. The summed E-state index contributed by atoms with van der Waals surface area (Å²) in [6, 6.07) is 5.81. The predicted molar refractivity (Wildman–Crippen MR) is 93.6 cm³/mol. The Morgan fingerprint density at radius 2 is 2.00 bits per heavy atom. The number of nitrogens with one attached hydrogen (secondary N) is 2. The monoisotopic (exact) mass is 397 g/mol. The zero-order chi connectivity index (χ0) is 20.5. The van der Waals surface area contributed by atoms with Gasteiger partial charge in [0.2, 0.25) is 11.5 Å². The fraction of sp³-hybridized carbons (Fsp3) is 0.353. The summed E-state index contributed by atoms with van der Waals surface area (Å²) in [5.74, 6) is -1.71. The summed E-state index contributed by atoms with van der Waals surface area (Å²) in [6.07, 6.45) is -4.00. The first-order valence-corrected chi connectivity index (χ1v) is 8.34. The molecule has 0 spiro atoms. The van der Waals surface area contributed by atoms with Gasteiger partial charge in [0.15, 0.2) is 5.82 Å². The molecule has 8 nitrogen and oxygen atoms in total. The van der Waals surface area contributed by atoms with Gasteiger partial charge in [0.05, 0.1) is 6.42 Å². The topological polar surface area (TPSA) is 99.5 Å². The number of hydrogen-bond donors (Lipinski definition) is 3. The maximum atomic E-state index is 13.5. The number of hydrogen-bond acceptors (Lipinski definition) is 4. The van der Waals surface area contributed by atoms with Crippen molar-refractivity contribution in [1.82, 2.24) is 14.9 Å². The highest BCUT2D eigenvalue weighted by atomic mass is 19.4. The number of imidazole rings is 1. The van der Waals surface area contributed by atoms with Crippen LogP contribution in [0.25, 0.3) is 0 Å². The van der Waals surface area contributed by atoms with Crippen molar-refractivity contribution in [3.8, 4) is 0 Å². The molecule has 28 heavy (non-hydrogen) atoms. The molecule has 1 atom stereocenters. The lowest BCUT2D eigenvalue weighted by Gasteiger charge is -2.29. The van der Waals surface area contributed by atoms with Gasteiger partial charge in [0.25, 0.3) is 0 Å². The van der Waals surface area contributed by atoms with Crippen LogP contribution in [0.3, 0.4) is 0 Å². The Labute approximate surface area is 158 Å². The van der Waals surface area contributed by atoms with E-state index in [0.717, 1.165) is 10.8 Å². The van der Waals surface area contributed by atoms with Gasteiger partial charge in [-0.05, 0) is 24.3 Å². The molecule has 0 bridgehead atoms. The Morgan fingerprint density at radius 1 is 1.32 bits per heavy atom. The minimum absolute atomic E-state index is 0.234. The molecule has 0 radical (unpaired) electrons. The highest BCUT2D eigenvalue weighted by Gasteiger charge is 2.58. The van der Waals surface area contributed by atoms with Gasteiger partial charge in [-0.2, -0.15) is 13.2 Å². The second kappa shape index (κ2) is 7.15. The number of anilines is 2. The number of aromatic nitrogens is 2. The average Bonchev–Trinajstić information content (AvgIpc) is 3.23. The van der Waals surface area contributed by atoms with Crippen molar-refractivity contribution in [3.05, 3.63) is 42.5 Å². The van der Waals surface area contributed by atoms with Gasteiger partial charge in [-0.3, -0.25) is 9.69 Å². The summed E-state index contributed by atoms with van der Waals surface area (Å²) in [5, 5.41) is 15.2. The Morgan fingerprint density at radius 3 is 2.50 bits per heavy atom. The number of benzene rings is 1. The Balaban J connectivity index is 1.73. The third-order valence-corrected chi connectivity index (χ3v) is 4.40. The van der Waals surface area contributed by atoms with Crippen LogP contribution in [0.5, 0.6) is 0 Å². The fourth-order valence-corrected chi connectivity index (χ4v) is 2.95. The molecule has 3 N–H and O–H groups in total. The maximum Gasteiger partial charge on any atom is 0.425 e. The van der Waals surface area contributed by atoms with Crippen LogP contribution in [-0.2, 0) is 17.4 Å². The van der Waals surface area contributed by atoms with E-state index in [2.05, 4.69) is 15.6 Å². The molecule has 1 saturated heterocycles. The Hall–Kier alpha value is -3.08. The molecule has 3 rings (SSSR count). The number of alkyl halides is 3. The highest BCUT2D eigenvalue weighted by molar-refractivity contribution is 5.95. The van der Waals surface area contributed by atoms with Crippen LogP contribution in [0, 0.1) is 0 Å². The van der Waals surface area contributed by atoms with E-state index in [0.29, 0.717) is 18.8 Å². The molecule has 11 heteroatoms. The third-order valence-electron chi connectivity index (χ3n) is 4.40. The number of carbonyl (C=O) groups excluding carboxylic acids is 2. The van der Waals surface area contributed by atoms with E-state index in [1.165, 1.54) is 30.3 Å². The van der Waals surface area contributed by atoms with E-state index in [9.17, 15) is 27.9 Å². The number of nitrogens with zero attached hydrogens (tertiary/aromatic N) is 3. The third kappa shape index (κ3) is 3.65. The first kappa shape index (κ1) is 19.7. The maximum absolute atomic E-state index is 13.5. The summed E-state index contributed by atoms with van der Waals surface area (Å²) in [5.41, 5.74) is -2.60. The molecule has 1 aliphatic rings. The minimum atomic E-state index is -5.10. The Kier molecular flexibility index (Phi) is 5.02. The minimum Gasteiger partial charge on any atom is -0.374 e. The van der Waals surface area contributed by atoms with E-state index in [1.54, 1.807) is 12.1 Å². The van der Waals surface area contributed by atoms with E-state index in [4.69, 9.17) is 0 Å². The van der Waals surface area contributed by atoms with E-state index < -0.39 is 29.9 Å². The number of aryl methyl sites for hydroxylation is 1. The van der Waals surface area contributed by atoms with Crippen molar-refractivity contribution < 1.29 is 27.9 Å². The van der Waals surface area contributed by atoms with Crippen LogP contribution >= 0.6 is 0 Å². The Bertz CT molecular complexity index is 881.